The molecule has 0 aliphatic carbocycles. The van der Waals surface area contributed by atoms with Gasteiger partial charge in [-0.2, -0.15) is 0 Å². The molecule has 0 atom stereocenters. The monoisotopic (exact) mass is 570 g/mol. The van der Waals surface area contributed by atoms with Gasteiger partial charge in [0.15, 0.2) is 6.29 Å². The van der Waals surface area contributed by atoms with E-state index in [1.54, 1.807) is 0 Å². The number of carbonyl (C=O) groups excluding carboxylic acids is 7. The smallest absolute Gasteiger partial charge is 0.280 e. The maximum atomic E-state index is 12.7. The molecule has 1 heterocycles. The van der Waals surface area contributed by atoms with Gasteiger partial charge in [0, 0.05) is 29.1 Å². The van der Waals surface area contributed by atoms with Crippen LogP contribution in [0.1, 0.15) is 105 Å². The van der Waals surface area contributed by atoms with Gasteiger partial charge in [-0.15, -0.1) is 0 Å². The maximum absolute atomic E-state index is 12.7. The van der Waals surface area contributed by atoms with Gasteiger partial charge in [0.1, 0.15) is 11.2 Å². The molecule has 0 N–H and O–H groups in total. The van der Waals surface area contributed by atoms with Crippen LogP contribution in [-0.2, 0) is 33.6 Å². The van der Waals surface area contributed by atoms with Crippen molar-refractivity contribution < 1.29 is 33.6 Å². The predicted molar refractivity (Wildman–Crippen MR) is 137 cm³/mol. The van der Waals surface area contributed by atoms with Crippen LogP contribution >= 0.6 is 16.1 Å². The third-order valence-corrected chi connectivity index (χ3v) is 8.44. The summed E-state index contributed by atoms with van der Waals surface area (Å²) < 4.78 is 1.96. The Kier molecular flexibility index (Phi) is 13.0. The van der Waals surface area contributed by atoms with Crippen molar-refractivity contribution in [2.45, 2.75) is 116 Å². The molecule has 1 aliphatic heterocycles. The van der Waals surface area contributed by atoms with Gasteiger partial charge in [-0.25, -0.2) is 3.93 Å². The number of unbranched alkanes of at least 4 members (excludes halogenated alkanes) is 10. The molecule has 1 fully saturated rings. The minimum atomic E-state index is -1.76. The van der Waals surface area contributed by atoms with Gasteiger partial charge >= 0.3 is 0 Å². The van der Waals surface area contributed by atoms with E-state index in [4.69, 9.17) is 0 Å². The second kappa shape index (κ2) is 14.6. The fourth-order valence-corrected chi connectivity index (χ4v) is 4.83. The zero-order valence-corrected chi connectivity index (χ0v) is 23.5. The Morgan fingerprint density at radius 2 is 1.17 bits per heavy atom. The van der Waals surface area contributed by atoms with E-state index in [0.717, 1.165) is 70.8 Å². The minimum absolute atomic E-state index is 0.148. The number of halogens is 1. The van der Waals surface area contributed by atoms with E-state index in [-0.39, 0.29) is 24.3 Å². The summed E-state index contributed by atoms with van der Waals surface area (Å²) >= 11 is 3.57. The van der Waals surface area contributed by atoms with E-state index < -0.39 is 34.5 Å². The molecule has 9 nitrogen and oxygen atoms in total. The highest BCUT2D eigenvalue weighted by Crippen LogP contribution is 2.41. The molecule has 0 unspecified atom stereocenters. The molecule has 202 valence electrons. The van der Waals surface area contributed by atoms with E-state index >= 15 is 0 Å². The van der Waals surface area contributed by atoms with Crippen molar-refractivity contribution in [3.8, 4) is 0 Å². The van der Waals surface area contributed by atoms with Crippen LogP contribution in [0.5, 0.6) is 0 Å². The molecule has 1 amide bonds. The van der Waals surface area contributed by atoms with Crippen molar-refractivity contribution in [2.75, 3.05) is 6.54 Å². The van der Waals surface area contributed by atoms with E-state index in [2.05, 4.69) is 30.0 Å². The van der Waals surface area contributed by atoms with Crippen LogP contribution < -0.4 is 0 Å². The van der Waals surface area contributed by atoms with Crippen LogP contribution in [0.25, 0.3) is 0 Å². The summed E-state index contributed by atoms with van der Waals surface area (Å²) in [6, 6.07) is 0. The number of hydrogen-bond acceptors (Lipinski definition) is 8. The number of aldehydes is 1. The molecule has 10 heteroatoms. The predicted octanol–water partition coefficient (Wildman–Crippen LogP) is 3.68. The van der Waals surface area contributed by atoms with E-state index in [0.29, 0.717) is 6.42 Å². The van der Waals surface area contributed by atoms with Gasteiger partial charge in [-0.1, -0.05) is 57.8 Å². The second-order valence-electron chi connectivity index (χ2n) is 10.3. The minimum Gasteiger partial charge on any atom is -0.322 e. The molecular formula is C26H39BrN2O7. The topological polar surface area (TPSA) is 126 Å². The largest absolute Gasteiger partial charge is 0.322 e. The highest BCUT2D eigenvalue weighted by Gasteiger charge is 2.55. The SMILES string of the molecule is CC1(C)C(=O)N(CCCCCCCCCCCCCC(=O)C(=O)C(=O)C(=O)C(=O)C=O)C(C)(C)N1Br. The summed E-state index contributed by atoms with van der Waals surface area (Å²) in [6.07, 6.45) is 10.3. The quantitative estimate of drug-likeness (QED) is 0.0756. The van der Waals surface area contributed by atoms with Gasteiger partial charge in [-0.05, 0) is 40.5 Å². The van der Waals surface area contributed by atoms with E-state index in [1.165, 1.54) is 0 Å². The van der Waals surface area contributed by atoms with Gasteiger partial charge in [0.25, 0.3) is 23.1 Å². The molecule has 0 aromatic carbocycles. The molecular weight excluding hydrogens is 532 g/mol. The molecule has 1 saturated heterocycles. The molecule has 1 aliphatic rings. The zero-order valence-electron chi connectivity index (χ0n) is 21.9. The normalized spacial score (nSPS) is 16.7. The molecule has 0 aromatic heterocycles. The Morgan fingerprint density at radius 3 is 1.58 bits per heavy atom. The van der Waals surface area contributed by atoms with Gasteiger partial charge in [0.05, 0.1) is 0 Å². The fourth-order valence-electron chi connectivity index (χ4n) is 4.48. The first-order valence-corrected chi connectivity index (χ1v) is 13.4. The number of Topliss-reactive ketones (excluding diaryl/α,β-unsaturated/α-hetero) is 5. The lowest BCUT2D eigenvalue weighted by molar-refractivity contribution is -0.151. The Labute approximate surface area is 222 Å². The molecule has 0 spiro atoms. The van der Waals surface area contributed by atoms with Crippen LogP contribution in [-0.4, -0.2) is 67.7 Å². The van der Waals surface area contributed by atoms with Crippen molar-refractivity contribution >= 4 is 57.3 Å². The van der Waals surface area contributed by atoms with E-state index in [1.807, 2.05) is 22.7 Å². The number of hydrogen-bond donors (Lipinski definition) is 0. The Hall–Kier alpha value is -2.07. The summed E-state index contributed by atoms with van der Waals surface area (Å²) in [5, 5.41) is 0. The number of amides is 1. The average Bonchev–Trinajstić information content (AvgIpc) is 2.96. The molecule has 1 rings (SSSR count). The van der Waals surface area contributed by atoms with Crippen LogP contribution in [0.4, 0.5) is 0 Å². The summed E-state index contributed by atoms with van der Waals surface area (Å²) in [7, 11) is 0. The fraction of sp³-hybridized carbons (Fsp3) is 0.731. The molecule has 0 radical (unpaired) electrons. The lowest BCUT2D eigenvalue weighted by Crippen LogP contribution is -2.46. The second-order valence-corrected chi connectivity index (χ2v) is 11.0. The molecule has 0 aromatic rings. The first-order valence-electron chi connectivity index (χ1n) is 12.7. The average molecular weight is 572 g/mol. The molecule has 0 bridgehead atoms. The number of nitrogens with zero attached hydrogens (tertiary/aromatic N) is 2. The van der Waals surface area contributed by atoms with Gasteiger partial charge in [0.2, 0.25) is 11.7 Å². The van der Waals surface area contributed by atoms with Gasteiger partial charge in [-0.3, -0.25) is 33.6 Å². The van der Waals surface area contributed by atoms with Gasteiger partial charge < -0.3 is 4.90 Å². The lowest BCUT2D eigenvalue weighted by Gasteiger charge is -2.35. The zero-order chi connectivity index (χ0) is 27.5. The first-order chi connectivity index (χ1) is 16.8. The Morgan fingerprint density at radius 1 is 0.722 bits per heavy atom. The molecule has 36 heavy (non-hydrogen) atoms. The highest BCUT2D eigenvalue weighted by atomic mass is 79.9. The van der Waals surface area contributed by atoms with Crippen molar-refractivity contribution in [3.63, 3.8) is 0 Å². The maximum Gasteiger partial charge on any atom is 0.280 e. The number of rotatable bonds is 19. The van der Waals surface area contributed by atoms with Crippen LogP contribution in [0, 0.1) is 0 Å². The standard InChI is InChI=1S/C26H39BrN2O7/c1-25(2)24(36)28(26(3,4)29(25)27)17-15-13-11-9-7-5-6-8-10-12-14-16-19(31)21(33)23(35)22(34)20(32)18-30/h18H,5-17H2,1-4H3. The summed E-state index contributed by atoms with van der Waals surface area (Å²) in [5.41, 5.74) is -0.896. The third kappa shape index (κ3) is 8.50. The van der Waals surface area contributed by atoms with Crippen molar-refractivity contribution in [3.05, 3.63) is 0 Å². The highest BCUT2D eigenvalue weighted by molar-refractivity contribution is 9.07. The van der Waals surface area contributed by atoms with Crippen molar-refractivity contribution in [2.24, 2.45) is 0 Å². The van der Waals surface area contributed by atoms with Crippen molar-refractivity contribution in [1.82, 2.24) is 8.83 Å². The number of ketones is 5. The summed E-state index contributed by atoms with van der Waals surface area (Å²) in [4.78, 5) is 81.6. The van der Waals surface area contributed by atoms with Crippen LogP contribution in [0.15, 0.2) is 0 Å². The Balaban J connectivity index is 2.05. The van der Waals surface area contributed by atoms with E-state index in [9.17, 15) is 33.6 Å². The Bertz CT molecular complexity index is 866. The number of carbonyl (C=O) groups is 7. The van der Waals surface area contributed by atoms with Crippen molar-refractivity contribution in [1.29, 1.82) is 0 Å². The van der Waals surface area contributed by atoms with Crippen LogP contribution in [0.2, 0.25) is 0 Å². The molecule has 0 saturated carbocycles. The third-order valence-electron chi connectivity index (χ3n) is 6.68. The summed E-state index contributed by atoms with van der Waals surface area (Å²) in [6.45, 7) is 8.72. The lowest BCUT2D eigenvalue weighted by atomic mass is 10.0. The summed E-state index contributed by atoms with van der Waals surface area (Å²) in [5.74, 6) is -7.50. The first kappa shape index (κ1) is 32.0. The van der Waals surface area contributed by atoms with Crippen LogP contribution in [0.3, 0.4) is 0 Å².